The molecule has 1 spiro atoms. The minimum Gasteiger partial charge on any atom is -0.375 e. The molecule has 7 nitrogen and oxygen atoms in total. The number of piperidine rings is 1. The summed E-state index contributed by atoms with van der Waals surface area (Å²) >= 11 is 0. The van der Waals surface area contributed by atoms with E-state index >= 15 is 0 Å². The first-order valence-electron chi connectivity index (χ1n) is 11.3. The molecule has 170 valence electrons. The zero-order chi connectivity index (χ0) is 22.2. The molecule has 0 radical (unpaired) electrons. The van der Waals surface area contributed by atoms with Gasteiger partial charge in [0.2, 0.25) is 15.9 Å². The molecule has 0 aliphatic carbocycles. The zero-order valence-corrected chi connectivity index (χ0v) is 19.8. The van der Waals surface area contributed by atoms with Gasteiger partial charge in [-0.15, -0.1) is 0 Å². The lowest BCUT2D eigenvalue weighted by Gasteiger charge is -2.45. The lowest BCUT2D eigenvalue weighted by Crippen LogP contribution is -2.51. The monoisotopic (exact) mass is 447 g/mol. The number of sulfonamides is 1. The summed E-state index contributed by atoms with van der Waals surface area (Å²) in [4.78, 5) is 4.91. The maximum Gasteiger partial charge on any atom is 0.243 e. The van der Waals surface area contributed by atoms with E-state index in [0.29, 0.717) is 36.4 Å². The molecule has 2 fully saturated rings. The molecule has 31 heavy (non-hydrogen) atoms. The van der Waals surface area contributed by atoms with Crippen LogP contribution in [0.2, 0.25) is 0 Å². The van der Waals surface area contributed by atoms with E-state index in [-0.39, 0.29) is 5.60 Å². The molecule has 1 atom stereocenters. The Morgan fingerprint density at radius 2 is 1.84 bits per heavy atom. The second kappa shape index (κ2) is 8.64. The topological polar surface area (TPSA) is 85.5 Å². The lowest BCUT2D eigenvalue weighted by atomic mass is 9.79. The van der Waals surface area contributed by atoms with Gasteiger partial charge in [-0.05, 0) is 63.5 Å². The number of rotatable bonds is 5. The number of hydrogen-bond donors (Lipinski definition) is 0. The van der Waals surface area contributed by atoms with E-state index < -0.39 is 10.0 Å². The van der Waals surface area contributed by atoms with Gasteiger partial charge in [0.1, 0.15) is 0 Å². The molecule has 2 aromatic rings. The summed E-state index contributed by atoms with van der Waals surface area (Å²) in [5.41, 5.74) is 2.47. The third kappa shape index (κ3) is 4.56. The smallest absolute Gasteiger partial charge is 0.243 e. The summed E-state index contributed by atoms with van der Waals surface area (Å²) in [6.07, 6.45) is 4.85. The number of benzene rings is 1. The molecule has 1 aromatic heterocycles. The van der Waals surface area contributed by atoms with Crippen molar-refractivity contribution in [3.63, 3.8) is 0 Å². The number of hydrogen-bond acceptors (Lipinski definition) is 6. The van der Waals surface area contributed by atoms with Crippen molar-refractivity contribution >= 4 is 10.0 Å². The SMILES string of the molecule is CCc1noc(CC2CCOC3(CCN(S(=O)(=O)c4c(C)cc(C)cc4C)CC3)C2)n1. The van der Waals surface area contributed by atoms with Crippen molar-refractivity contribution in [1.82, 2.24) is 14.4 Å². The minimum absolute atomic E-state index is 0.250. The predicted octanol–water partition coefficient (Wildman–Crippen LogP) is 3.75. The molecule has 8 heteroatoms. The molecular formula is C23H33N3O4S. The Kier molecular flexibility index (Phi) is 6.25. The number of aryl methyl sites for hydroxylation is 4. The van der Waals surface area contributed by atoms with Crippen LogP contribution in [0.1, 0.15) is 61.0 Å². The van der Waals surface area contributed by atoms with Crippen molar-refractivity contribution < 1.29 is 17.7 Å². The Hall–Kier alpha value is -1.77. The zero-order valence-electron chi connectivity index (χ0n) is 19.0. The highest BCUT2D eigenvalue weighted by molar-refractivity contribution is 7.89. The molecule has 4 rings (SSSR count). The van der Waals surface area contributed by atoms with Gasteiger partial charge in [-0.3, -0.25) is 0 Å². The Bertz CT molecular complexity index is 1020. The molecule has 0 N–H and O–H groups in total. The molecule has 2 aliphatic heterocycles. The Labute approximate surface area is 185 Å². The first kappa shape index (κ1) is 22.4. The summed E-state index contributed by atoms with van der Waals surface area (Å²) in [6.45, 7) is 9.45. The summed E-state index contributed by atoms with van der Waals surface area (Å²) in [6, 6.07) is 3.89. The second-order valence-electron chi connectivity index (χ2n) is 9.18. The van der Waals surface area contributed by atoms with E-state index in [0.717, 1.165) is 61.0 Å². The first-order valence-corrected chi connectivity index (χ1v) is 12.7. The number of ether oxygens (including phenoxy) is 1. The van der Waals surface area contributed by atoms with Gasteiger partial charge in [0, 0.05) is 32.5 Å². The quantitative estimate of drug-likeness (QED) is 0.694. The van der Waals surface area contributed by atoms with E-state index in [1.165, 1.54) is 0 Å². The van der Waals surface area contributed by atoms with Crippen molar-refractivity contribution in [1.29, 1.82) is 0 Å². The number of nitrogens with zero attached hydrogens (tertiary/aromatic N) is 3. The van der Waals surface area contributed by atoms with Crippen LogP contribution in [-0.4, -0.2) is 48.2 Å². The van der Waals surface area contributed by atoms with Gasteiger partial charge in [0.15, 0.2) is 5.82 Å². The van der Waals surface area contributed by atoms with Crippen LogP contribution in [0, 0.1) is 26.7 Å². The van der Waals surface area contributed by atoms with Gasteiger partial charge in [0.05, 0.1) is 10.5 Å². The van der Waals surface area contributed by atoms with Crippen molar-refractivity contribution in [2.75, 3.05) is 19.7 Å². The normalized spacial score (nSPS) is 22.1. The summed E-state index contributed by atoms with van der Waals surface area (Å²) in [5, 5.41) is 4.00. The fourth-order valence-corrected chi connectivity index (χ4v) is 7.11. The molecule has 1 unspecified atom stereocenters. The van der Waals surface area contributed by atoms with E-state index in [2.05, 4.69) is 10.1 Å². The van der Waals surface area contributed by atoms with Gasteiger partial charge in [-0.2, -0.15) is 9.29 Å². The summed E-state index contributed by atoms with van der Waals surface area (Å²) in [7, 11) is -3.51. The molecule has 0 saturated carbocycles. The second-order valence-corrected chi connectivity index (χ2v) is 11.1. The highest BCUT2D eigenvalue weighted by Crippen LogP contribution is 2.40. The first-order chi connectivity index (χ1) is 14.7. The van der Waals surface area contributed by atoms with Crippen LogP contribution < -0.4 is 0 Å². The Balaban J connectivity index is 1.44. The molecule has 3 heterocycles. The van der Waals surface area contributed by atoms with E-state index in [1.54, 1.807) is 4.31 Å². The van der Waals surface area contributed by atoms with Crippen LogP contribution in [0.5, 0.6) is 0 Å². The molecule has 2 saturated heterocycles. The summed E-state index contributed by atoms with van der Waals surface area (Å²) < 4.78 is 40.1. The summed E-state index contributed by atoms with van der Waals surface area (Å²) in [5.74, 6) is 1.87. The van der Waals surface area contributed by atoms with Gasteiger partial charge in [-0.25, -0.2) is 8.42 Å². The van der Waals surface area contributed by atoms with Crippen LogP contribution in [-0.2, 0) is 27.6 Å². The minimum atomic E-state index is -3.51. The van der Waals surface area contributed by atoms with Crippen LogP contribution in [0.25, 0.3) is 0 Å². The van der Waals surface area contributed by atoms with Crippen molar-refractivity contribution in [2.45, 2.75) is 76.7 Å². The average Bonchev–Trinajstić information content (AvgIpc) is 3.15. The van der Waals surface area contributed by atoms with Crippen LogP contribution in [0.15, 0.2) is 21.6 Å². The highest BCUT2D eigenvalue weighted by atomic mass is 32.2. The largest absolute Gasteiger partial charge is 0.375 e. The standard InChI is InChI=1S/C23H33N3O4S/c1-5-20-24-21(30-25-20)14-19-6-11-29-23(15-19)7-9-26(10-8-23)31(27,28)22-17(3)12-16(2)13-18(22)4/h12-13,19H,5-11,14-15H2,1-4H3. The van der Waals surface area contributed by atoms with Crippen LogP contribution in [0.4, 0.5) is 0 Å². The third-order valence-corrected chi connectivity index (χ3v) is 8.93. The van der Waals surface area contributed by atoms with Crippen LogP contribution in [0.3, 0.4) is 0 Å². The fourth-order valence-electron chi connectivity index (χ4n) is 5.25. The maximum absolute atomic E-state index is 13.4. The molecule has 0 bridgehead atoms. The highest BCUT2D eigenvalue weighted by Gasteiger charge is 2.43. The Morgan fingerprint density at radius 3 is 2.45 bits per heavy atom. The van der Waals surface area contributed by atoms with Gasteiger partial charge in [0.25, 0.3) is 0 Å². The molecule has 0 amide bonds. The lowest BCUT2D eigenvalue weighted by molar-refractivity contribution is -0.121. The van der Waals surface area contributed by atoms with Gasteiger partial charge in [-0.1, -0.05) is 29.8 Å². The van der Waals surface area contributed by atoms with E-state index in [9.17, 15) is 8.42 Å². The molecule has 1 aromatic carbocycles. The van der Waals surface area contributed by atoms with Crippen LogP contribution >= 0.6 is 0 Å². The van der Waals surface area contributed by atoms with E-state index in [4.69, 9.17) is 9.26 Å². The average molecular weight is 448 g/mol. The fraction of sp³-hybridized carbons (Fsp3) is 0.652. The van der Waals surface area contributed by atoms with Gasteiger partial charge < -0.3 is 9.26 Å². The molecular weight excluding hydrogens is 414 g/mol. The third-order valence-electron chi connectivity index (χ3n) is 6.72. The predicted molar refractivity (Wildman–Crippen MR) is 117 cm³/mol. The van der Waals surface area contributed by atoms with Crippen molar-refractivity contribution in [3.05, 3.63) is 40.5 Å². The van der Waals surface area contributed by atoms with Crippen molar-refractivity contribution in [3.8, 4) is 0 Å². The Morgan fingerprint density at radius 1 is 1.16 bits per heavy atom. The van der Waals surface area contributed by atoms with Gasteiger partial charge >= 0.3 is 0 Å². The van der Waals surface area contributed by atoms with Crippen molar-refractivity contribution in [2.24, 2.45) is 5.92 Å². The van der Waals surface area contributed by atoms with E-state index in [1.807, 2.05) is 39.8 Å². The molecule has 2 aliphatic rings. The maximum atomic E-state index is 13.4. The number of aromatic nitrogens is 2.